The van der Waals surface area contributed by atoms with Crippen LogP contribution in [0, 0.1) is 11.8 Å². The monoisotopic (exact) mass is 100 g/mol. The van der Waals surface area contributed by atoms with Crippen LogP contribution in [0.3, 0.4) is 0 Å². The highest BCUT2D eigenvalue weighted by atomic mass is 16.6. The Hall–Kier alpha value is -0.0800. The summed E-state index contributed by atoms with van der Waals surface area (Å²) in [5.74, 6) is 1.23. The Morgan fingerprint density at radius 2 is 2.43 bits per heavy atom. The van der Waals surface area contributed by atoms with Crippen LogP contribution in [0.25, 0.3) is 0 Å². The van der Waals surface area contributed by atoms with Crippen LogP contribution in [-0.2, 0) is 4.74 Å². The highest BCUT2D eigenvalue weighted by Gasteiger charge is 2.48. The Balaban J connectivity index is 2.08. The third-order valence-electron chi connectivity index (χ3n) is 1.82. The Labute approximate surface area is 42.1 Å². The molecule has 3 atom stereocenters. The van der Waals surface area contributed by atoms with Gasteiger partial charge in [0.15, 0.2) is 6.29 Å². The fourth-order valence-electron chi connectivity index (χ4n) is 1.16. The van der Waals surface area contributed by atoms with Crippen molar-refractivity contribution in [2.24, 2.45) is 11.8 Å². The summed E-state index contributed by atoms with van der Waals surface area (Å²) in [4.78, 5) is 0. The molecule has 0 spiro atoms. The van der Waals surface area contributed by atoms with E-state index in [2.05, 4.69) is 0 Å². The summed E-state index contributed by atoms with van der Waals surface area (Å²) >= 11 is 0. The van der Waals surface area contributed by atoms with Gasteiger partial charge >= 0.3 is 0 Å². The van der Waals surface area contributed by atoms with E-state index in [1.54, 1.807) is 0 Å². The number of hydrogen-bond acceptors (Lipinski definition) is 2. The average molecular weight is 100 g/mol. The third-order valence-corrected chi connectivity index (χ3v) is 1.82. The molecule has 1 saturated carbocycles. The molecule has 2 rings (SSSR count). The second kappa shape index (κ2) is 1.01. The molecule has 1 aliphatic carbocycles. The van der Waals surface area contributed by atoms with Gasteiger partial charge in [0.05, 0.1) is 6.61 Å². The molecule has 0 aromatic heterocycles. The number of rotatable bonds is 0. The molecule has 1 unspecified atom stereocenters. The zero-order valence-electron chi connectivity index (χ0n) is 4.00. The van der Waals surface area contributed by atoms with Crippen molar-refractivity contribution in [1.29, 1.82) is 0 Å². The molecule has 0 aromatic rings. The van der Waals surface area contributed by atoms with Crippen LogP contribution >= 0.6 is 0 Å². The van der Waals surface area contributed by atoms with E-state index in [1.807, 2.05) is 0 Å². The lowest BCUT2D eigenvalue weighted by Gasteiger charge is -2.00. The van der Waals surface area contributed by atoms with Crippen molar-refractivity contribution in [3.63, 3.8) is 0 Å². The molecule has 2 aliphatic rings. The molecule has 7 heavy (non-hydrogen) atoms. The molecule has 1 aliphatic heterocycles. The van der Waals surface area contributed by atoms with Crippen molar-refractivity contribution in [2.75, 3.05) is 6.61 Å². The Kier molecular flexibility index (Phi) is 0.557. The maximum atomic E-state index is 8.82. The maximum absolute atomic E-state index is 8.82. The van der Waals surface area contributed by atoms with Crippen LogP contribution in [0.2, 0.25) is 0 Å². The summed E-state index contributed by atoms with van der Waals surface area (Å²) in [6.45, 7) is 0.797. The van der Waals surface area contributed by atoms with Gasteiger partial charge < -0.3 is 9.84 Å². The molecule has 1 heterocycles. The summed E-state index contributed by atoms with van der Waals surface area (Å²) in [5, 5.41) is 8.82. The first kappa shape index (κ1) is 3.87. The van der Waals surface area contributed by atoms with Gasteiger partial charge in [-0.15, -0.1) is 0 Å². The lowest BCUT2D eigenvalue weighted by molar-refractivity contribution is -0.0818. The Morgan fingerprint density at radius 3 is 2.57 bits per heavy atom. The minimum absolute atomic E-state index is 0.412. The van der Waals surface area contributed by atoms with Gasteiger partial charge in [0.2, 0.25) is 0 Å². The Morgan fingerprint density at radius 1 is 1.57 bits per heavy atom. The molecule has 1 N–H and O–H groups in total. The Bertz CT molecular complexity index is 92.1. The van der Waals surface area contributed by atoms with Crippen LogP contribution in [0.15, 0.2) is 0 Å². The molecule has 0 bridgehead atoms. The first-order valence-corrected chi connectivity index (χ1v) is 2.67. The highest BCUT2D eigenvalue weighted by Crippen LogP contribution is 2.46. The molecule has 0 amide bonds. The standard InChI is InChI=1S/C5H8O2/c6-5-4-1-3(4)2-7-5/h3-6H,1-2H2/t3-,4-,5?/m0/s1. The van der Waals surface area contributed by atoms with E-state index >= 15 is 0 Å². The maximum Gasteiger partial charge on any atom is 0.157 e. The van der Waals surface area contributed by atoms with E-state index in [9.17, 15) is 0 Å². The minimum atomic E-state index is -0.412. The zero-order chi connectivity index (χ0) is 4.85. The molecule has 0 radical (unpaired) electrons. The molecule has 40 valence electrons. The molecule has 0 aromatic carbocycles. The highest BCUT2D eigenvalue weighted by molar-refractivity contribution is 4.92. The molecule has 1 saturated heterocycles. The number of fused-ring (bicyclic) bond motifs is 1. The van der Waals surface area contributed by atoms with Crippen LogP contribution < -0.4 is 0 Å². The van der Waals surface area contributed by atoms with Gasteiger partial charge in [0, 0.05) is 5.92 Å². The van der Waals surface area contributed by atoms with Crippen molar-refractivity contribution in [1.82, 2.24) is 0 Å². The molecule has 2 nitrogen and oxygen atoms in total. The molecular formula is C5H8O2. The largest absolute Gasteiger partial charge is 0.368 e. The minimum Gasteiger partial charge on any atom is -0.368 e. The predicted molar refractivity (Wildman–Crippen MR) is 23.6 cm³/mol. The van der Waals surface area contributed by atoms with Crippen LogP contribution in [0.5, 0.6) is 0 Å². The van der Waals surface area contributed by atoms with Gasteiger partial charge in [-0.05, 0) is 12.3 Å². The number of aliphatic hydroxyl groups is 1. The number of ether oxygens (including phenoxy) is 1. The average Bonchev–Trinajstić information content (AvgIpc) is 2.33. The molecule has 2 fully saturated rings. The zero-order valence-corrected chi connectivity index (χ0v) is 4.00. The van der Waals surface area contributed by atoms with Gasteiger partial charge in [-0.25, -0.2) is 0 Å². The van der Waals surface area contributed by atoms with Gasteiger partial charge in [-0.3, -0.25) is 0 Å². The topological polar surface area (TPSA) is 29.5 Å². The van der Waals surface area contributed by atoms with Gasteiger partial charge in [0.25, 0.3) is 0 Å². The van der Waals surface area contributed by atoms with E-state index in [1.165, 1.54) is 6.42 Å². The second-order valence-corrected chi connectivity index (χ2v) is 2.38. The van der Waals surface area contributed by atoms with Crippen molar-refractivity contribution >= 4 is 0 Å². The number of aliphatic hydroxyl groups excluding tert-OH is 1. The fraction of sp³-hybridized carbons (Fsp3) is 1.00. The first-order valence-electron chi connectivity index (χ1n) is 2.67. The number of hydrogen-bond donors (Lipinski definition) is 1. The van der Waals surface area contributed by atoms with E-state index in [-0.39, 0.29) is 0 Å². The quantitative estimate of drug-likeness (QED) is 0.463. The van der Waals surface area contributed by atoms with Crippen molar-refractivity contribution < 1.29 is 9.84 Å². The fourth-order valence-corrected chi connectivity index (χ4v) is 1.16. The van der Waals surface area contributed by atoms with Crippen molar-refractivity contribution in [3.8, 4) is 0 Å². The predicted octanol–water partition coefficient (Wildman–Crippen LogP) is -0.0289. The molecular weight excluding hydrogens is 92.1 g/mol. The van der Waals surface area contributed by atoms with Crippen molar-refractivity contribution in [3.05, 3.63) is 0 Å². The third kappa shape index (κ3) is 0.409. The van der Waals surface area contributed by atoms with E-state index in [0.717, 1.165) is 12.5 Å². The van der Waals surface area contributed by atoms with Crippen LogP contribution in [0.1, 0.15) is 6.42 Å². The van der Waals surface area contributed by atoms with Crippen LogP contribution in [0.4, 0.5) is 0 Å². The summed E-state index contributed by atoms with van der Waals surface area (Å²) in [6, 6.07) is 0. The van der Waals surface area contributed by atoms with Gasteiger partial charge in [-0.2, -0.15) is 0 Å². The summed E-state index contributed by atoms with van der Waals surface area (Å²) < 4.78 is 4.87. The second-order valence-electron chi connectivity index (χ2n) is 2.38. The lowest BCUT2D eigenvalue weighted by Crippen LogP contribution is -2.07. The van der Waals surface area contributed by atoms with E-state index in [4.69, 9.17) is 9.84 Å². The lowest BCUT2D eigenvalue weighted by atomic mass is 10.4. The van der Waals surface area contributed by atoms with Crippen LogP contribution in [-0.4, -0.2) is 18.0 Å². The summed E-state index contributed by atoms with van der Waals surface area (Å²) in [6.07, 6.45) is 0.784. The molecule has 2 heteroatoms. The van der Waals surface area contributed by atoms with Gasteiger partial charge in [-0.1, -0.05) is 0 Å². The normalized spacial score (nSPS) is 57.0. The smallest absolute Gasteiger partial charge is 0.157 e. The van der Waals surface area contributed by atoms with Crippen molar-refractivity contribution in [2.45, 2.75) is 12.7 Å². The van der Waals surface area contributed by atoms with Gasteiger partial charge in [0.1, 0.15) is 0 Å². The summed E-state index contributed by atoms with van der Waals surface area (Å²) in [7, 11) is 0. The summed E-state index contributed by atoms with van der Waals surface area (Å²) in [5.41, 5.74) is 0. The first-order chi connectivity index (χ1) is 3.38. The van der Waals surface area contributed by atoms with E-state index < -0.39 is 6.29 Å². The SMILES string of the molecule is OC1OC[C@@H]2C[C@H]12. The van der Waals surface area contributed by atoms with E-state index in [0.29, 0.717) is 5.92 Å².